The van der Waals surface area contributed by atoms with Crippen molar-refractivity contribution >= 4 is 19.7 Å². The first-order valence-electron chi connectivity index (χ1n) is 10.1. The highest BCUT2D eigenvalue weighted by atomic mass is 19.4. The van der Waals surface area contributed by atoms with Crippen LogP contribution in [0.5, 0.6) is 0 Å². The third kappa shape index (κ3) is 4.22. The van der Waals surface area contributed by atoms with Crippen LogP contribution >= 0.6 is 0 Å². The fourth-order valence-corrected chi connectivity index (χ4v) is 3.24. The van der Waals surface area contributed by atoms with E-state index in [1.54, 1.807) is 5.98 Å². The van der Waals surface area contributed by atoms with Gasteiger partial charge in [-0.2, -0.15) is 13.2 Å². The fourth-order valence-electron chi connectivity index (χ4n) is 3.24. The second-order valence-electron chi connectivity index (χ2n) is 9.91. The van der Waals surface area contributed by atoms with Crippen molar-refractivity contribution in [2.45, 2.75) is 84.0 Å². The molecule has 30 heavy (non-hydrogen) atoms. The number of hydrogen-bond acceptors (Lipinski definition) is 4. The van der Waals surface area contributed by atoms with Crippen molar-refractivity contribution in [1.29, 1.82) is 0 Å². The standard InChI is InChI=1S/C21H29B2F3O4/c1-17(2)18(3,4)28-22(27-17)13-16(23-29-19(5,6)20(7,8)30-23)14-9-11-15(12-10-14)21(24,25)26/h9-13H,1-8H3/b16-13-. The predicted octanol–water partition coefficient (Wildman–Crippen LogP) is 5.35. The van der Waals surface area contributed by atoms with Crippen LogP contribution in [0.2, 0.25) is 0 Å². The van der Waals surface area contributed by atoms with Gasteiger partial charge in [-0.3, -0.25) is 0 Å². The lowest BCUT2D eigenvalue weighted by molar-refractivity contribution is -0.137. The van der Waals surface area contributed by atoms with Gasteiger partial charge in [0.2, 0.25) is 0 Å². The highest BCUT2D eigenvalue weighted by Crippen LogP contribution is 2.42. The van der Waals surface area contributed by atoms with E-state index < -0.39 is 48.4 Å². The minimum Gasteiger partial charge on any atom is -0.400 e. The average molecular weight is 424 g/mol. The molecule has 0 radical (unpaired) electrons. The van der Waals surface area contributed by atoms with Crippen molar-refractivity contribution in [3.8, 4) is 0 Å². The van der Waals surface area contributed by atoms with Crippen LogP contribution in [0, 0.1) is 0 Å². The normalized spacial score (nSPS) is 25.1. The van der Waals surface area contributed by atoms with Gasteiger partial charge in [-0.1, -0.05) is 18.1 Å². The molecule has 1 aromatic rings. The zero-order valence-electron chi connectivity index (χ0n) is 18.8. The molecule has 0 aliphatic carbocycles. The first kappa shape index (κ1) is 23.4. The van der Waals surface area contributed by atoms with Crippen LogP contribution in [-0.2, 0) is 24.8 Å². The quantitative estimate of drug-likeness (QED) is 0.614. The number of hydrogen-bond donors (Lipinski definition) is 0. The summed E-state index contributed by atoms with van der Waals surface area (Å²) in [6.45, 7) is 15.4. The highest BCUT2D eigenvalue weighted by Gasteiger charge is 2.54. The summed E-state index contributed by atoms with van der Waals surface area (Å²) < 4.78 is 63.5. The summed E-state index contributed by atoms with van der Waals surface area (Å²) in [6, 6.07) is 4.95. The predicted molar refractivity (Wildman–Crippen MR) is 112 cm³/mol. The van der Waals surface area contributed by atoms with Gasteiger partial charge in [-0.25, -0.2) is 0 Å². The minimum atomic E-state index is -4.40. The molecular weight excluding hydrogens is 395 g/mol. The van der Waals surface area contributed by atoms with Crippen LogP contribution in [0.1, 0.15) is 66.5 Å². The van der Waals surface area contributed by atoms with E-state index in [-0.39, 0.29) is 0 Å². The SMILES string of the molecule is CC1(C)OB(/C=C(\B2OC(C)(C)C(C)(C)O2)c2ccc(C(F)(F)F)cc2)OC1(C)C. The first-order chi connectivity index (χ1) is 13.5. The molecule has 4 nitrogen and oxygen atoms in total. The van der Waals surface area contributed by atoms with Gasteiger partial charge in [0.05, 0.1) is 28.0 Å². The molecule has 0 unspecified atom stereocenters. The Balaban J connectivity index is 2.00. The van der Waals surface area contributed by atoms with Gasteiger partial charge in [0.25, 0.3) is 0 Å². The Morgan fingerprint density at radius 3 is 1.53 bits per heavy atom. The van der Waals surface area contributed by atoms with Crippen LogP contribution in [0.3, 0.4) is 0 Å². The summed E-state index contributed by atoms with van der Waals surface area (Å²) in [6.07, 6.45) is -4.40. The van der Waals surface area contributed by atoms with Crippen LogP contribution in [0.25, 0.3) is 5.47 Å². The van der Waals surface area contributed by atoms with Crippen molar-refractivity contribution in [2.75, 3.05) is 0 Å². The van der Waals surface area contributed by atoms with E-state index >= 15 is 0 Å². The van der Waals surface area contributed by atoms with Crippen molar-refractivity contribution in [3.05, 3.63) is 41.4 Å². The van der Waals surface area contributed by atoms with E-state index in [4.69, 9.17) is 18.6 Å². The Morgan fingerprint density at radius 1 is 0.733 bits per heavy atom. The molecule has 0 spiro atoms. The summed E-state index contributed by atoms with van der Waals surface area (Å²) in [7, 11) is -1.46. The first-order valence-corrected chi connectivity index (χ1v) is 10.1. The van der Waals surface area contributed by atoms with Gasteiger partial charge in [-0.05, 0) is 78.6 Å². The largest absolute Gasteiger partial charge is 0.494 e. The molecule has 0 aromatic heterocycles. The Morgan fingerprint density at radius 2 is 1.13 bits per heavy atom. The third-order valence-corrected chi connectivity index (χ3v) is 6.64. The maximum absolute atomic E-state index is 13.0. The Kier molecular flexibility index (Phi) is 5.55. The van der Waals surface area contributed by atoms with E-state index in [0.717, 1.165) is 12.1 Å². The topological polar surface area (TPSA) is 36.9 Å². The summed E-state index contributed by atoms with van der Waals surface area (Å²) in [5.74, 6) is 1.74. The van der Waals surface area contributed by atoms with Crippen molar-refractivity contribution in [2.24, 2.45) is 0 Å². The number of benzene rings is 1. The van der Waals surface area contributed by atoms with Crippen molar-refractivity contribution < 1.29 is 31.8 Å². The summed E-state index contributed by atoms with van der Waals surface area (Å²) >= 11 is 0. The molecule has 2 aliphatic heterocycles. The Bertz CT molecular complexity index is 798. The lowest BCUT2D eigenvalue weighted by atomic mass is 9.68. The molecule has 0 atom stereocenters. The maximum Gasteiger partial charge on any atom is 0.494 e. The van der Waals surface area contributed by atoms with E-state index in [9.17, 15) is 13.2 Å². The fraction of sp³-hybridized carbons (Fsp3) is 0.619. The number of rotatable bonds is 3. The monoisotopic (exact) mass is 424 g/mol. The molecule has 1 aromatic carbocycles. The smallest absolute Gasteiger partial charge is 0.400 e. The lowest BCUT2D eigenvalue weighted by Gasteiger charge is -2.32. The average Bonchev–Trinajstić information content (AvgIpc) is 2.91. The summed E-state index contributed by atoms with van der Waals surface area (Å²) in [5, 5.41) is 0. The zero-order valence-corrected chi connectivity index (χ0v) is 18.8. The minimum absolute atomic E-state index is 0.546. The van der Waals surface area contributed by atoms with Crippen LogP contribution in [0.15, 0.2) is 30.2 Å². The van der Waals surface area contributed by atoms with E-state index in [2.05, 4.69) is 0 Å². The molecule has 2 fully saturated rings. The lowest BCUT2D eigenvalue weighted by Crippen LogP contribution is -2.41. The molecule has 0 amide bonds. The molecule has 0 N–H and O–H groups in total. The summed E-state index contributed by atoms with van der Waals surface area (Å²) in [5.41, 5.74) is -1.88. The van der Waals surface area contributed by atoms with Crippen LogP contribution in [0.4, 0.5) is 13.2 Å². The van der Waals surface area contributed by atoms with E-state index in [1.807, 2.05) is 55.4 Å². The molecule has 2 aliphatic rings. The van der Waals surface area contributed by atoms with Crippen molar-refractivity contribution in [3.63, 3.8) is 0 Å². The van der Waals surface area contributed by atoms with E-state index in [0.29, 0.717) is 11.0 Å². The van der Waals surface area contributed by atoms with Crippen LogP contribution in [-0.4, -0.2) is 36.6 Å². The van der Waals surface area contributed by atoms with Gasteiger partial charge in [0.15, 0.2) is 0 Å². The van der Waals surface area contributed by atoms with Gasteiger partial charge in [0, 0.05) is 0 Å². The molecule has 2 saturated heterocycles. The highest BCUT2D eigenvalue weighted by molar-refractivity contribution is 6.72. The Labute approximate surface area is 177 Å². The second kappa shape index (κ2) is 7.12. The second-order valence-corrected chi connectivity index (χ2v) is 9.91. The molecule has 0 bridgehead atoms. The number of halogens is 3. The molecule has 164 valence electrons. The molecule has 3 rings (SSSR count). The zero-order chi connectivity index (χ0) is 22.8. The molecule has 9 heteroatoms. The number of alkyl halides is 3. The molecular formula is C21H29B2F3O4. The van der Waals surface area contributed by atoms with Gasteiger partial charge in [0.1, 0.15) is 0 Å². The van der Waals surface area contributed by atoms with Crippen molar-refractivity contribution in [1.82, 2.24) is 0 Å². The van der Waals surface area contributed by atoms with Crippen LogP contribution < -0.4 is 0 Å². The maximum atomic E-state index is 13.0. The summed E-state index contributed by atoms with van der Waals surface area (Å²) in [4.78, 5) is 0. The van der Waals surface area contributed by atoms with Gasteiger partial charge < -0.3 is 18.6 Å². The molecule has 2 heterocycles. The van der Waals surface area contributed by atoms with Gasteiger partial charge >= 0.3 is 20.4 Å². The van der Waals surface area contributed by atoms with Gasteiger partial charge in [-0.15, -0.1) is 0 Å². The Hall–Kier alpha value is -1.28. The third-order valence-electron chi connectivity index (χ3n) is 6.64. The molecule has 0 saturated carbocycles. The van der Waals surface area contributed by atoms with E-state index in [1.165, 1.54) is 12.1 Å².